The minimum atomic E-state index is -1.17. The zero-order valence-electron chi connectivity index (χ0n) is 18.0. The number of rotatable bonds is 6. The van der Waals surface area contributed by atoms with Crippen LogP contribution in [0.4, 0.5) is 9.93 Å². The van der Waals surface area contributed by atoms with E-state index in [-0.39, 0.29) is 16.4 Å². The van der Waals surface area contributed by atoms with Gasteiger partial charge in [-0.15, -0.1) is 23.1 Å². The summed E-state index contributed by atoms with van der Waals surface area (Å²) in [5.41, 5.74) is -0.104. The molecule has 0 spiro atoms. The summed E-state index contributed by atoms with van der Waals surface area (Å²) < 4.78 is 5.20. The zero-order valence-corrected chi connectivity index (χ0v) is 19.6. The summed E-state index contributed by atoms with van der Waals surface area (Å²) in [4.78, 5) is 54.2. The van der Waals surface area contributed by atoms with E-state index in [2.05, 4.69) is 15.6 Å². The van der Waals surface area contributed by atoms with Crippen molar-refractivity contribution >= 4 is 57.7 Å². The maximum atomic E-state index is 13.0. The molecule has 10 nitrogen and oxygen atoms in total. The number of thiazole rings is 1. The van der Waals surface area contributed by atoms with Crippen molar-refractivity contribution in [2.45, 2.75) is 51.1 Å². The molecular formula is C20H24N4O6S2. The molecule has 1 saturated heterocycles. The van der Waals surface area contributed by atoms with Gasteiger partial charge in [0, 0.05) is 11.1 Å². The normalized spacial score (nSPS) is 20.6. The van der Waals surface area contributed by atoms with Gasteiger partial charge in [0.2, 0.25) is 0 Å². The molecule has 32 heavy (non-hydrogen) atoms. The summed E-state index contributed by atoms with van der Waals surface area (Å²) in [6.07, 6.45) is 3.06. The number of aromatic nitrogens is 1. The number of fused-ring (bicyclic) bond motifs is 1. The van der Waals surface area contributed by atoms with Gasteiger partial charge in [-0.3, -0.25) is 19.8 Å². The van der Waals surface area contributed by atoms with Crippen LogP contribution in [0, 0.1) is 0 Å². The fourth-order valence-corrected chi connectivity index (χ4v) is 5.01. The van der Waals surface area contributed by atoms with Gasteiger partial charge in [-0.2, -0.15) is 0 Å². The number of amides is 3. The zero-order chi connectivity index (χ0) is 23.6. The number of carboxylic acid groups (broad SMARTS) is 1. The first-order valence-electron chi connectivity index (χ1n) is 9.87. The molecule has 3 heterocycles. The average Bonchev–Trinajstić information content (AvgIpc) is 3.15. The van der Waals surface area contributed by atoms with Crippen molar-refractivity contribution in [3.63, 3.8) is 0 Å². The molecule has 0 bridgehead atoms. The number of hydrogen-bond donors (Lipinski definition) is 3. The molecule has 172 valence electrons. The van der Waals surface area contributed by atoms with Crippen LogP contribution >= 0.6 is 23.1 Å². The Hall–Kier alpha value is -2.86. The number of allylic oxidation sites excluding steroid dienone is 1. The van der Waals surface area contributed by atoms with Crippen molar-refractivity contribution < 1.29 is 29.0 Å². The lowest BCUT2D eigenvalue weighted by Crippen LogP contribution is -2.70. The largest absolute Gasteiger partial charge is 0.477 e. The number of β-lactam (4-membered cyclic amide) rings is 1. The van der Waals surface area contributed by atoms with Crippen LogP contribution in [0.5, 0.6) is 0 Å². The van der Waals surface area contributed by atoms with E-state index in [0.717, 1.165) is 11.3 Å². The Balaban J connectivity index is 1.69. The summed E-state index contributed by atoms with van der Waals surface area (Å²) in [5.74, 6) is -1.70. The van der Waals surface area contributed by atoms with Crippen LogP contribution in [0.3, 0.4) is 0 Å². The van der Waals surface area contributed by atoms with Crippen LogP contribution in [-0.4, -0.2) is 61.6 Å². The standard InChI is InChI=1S/C20H24N4O6S2/c1-5-6-10(11-9-32-18(21-11)23-19(29)30-20(2,3)4)14(25)22-13-15(26)24-12(17(27)28)7-8-31-16(13)24/h6-7,9,13,16H,5,8H2,1-4H3,(H,22,25)(H,27,28)(H,21,23,29)/b10-6-/t13-,16-/m1/s1. The number of nitrogens with zero attached hydrogens (tertiary/aromatic N) is 2. The van der Waals surface area contributed by atoms with E-state index in [1.54, 1.807) is 32.2 Å². The Morgan fingerprint density at radius 1 is 1.38 bits per heavy atom. The minimum absolute atomic E-state index is 0.0640. The number of carbonyl (C=O) groups is 4. The number of hydrogen-bond acceptors (Lipinski definition) is 8. The third-order valence-corrected chi connectivity index (χ3v) is 6.33. The number of nitrogens with one attached hydrogen (secondary N) is 2. The van der Waals surface area contributed by atoms with Gasteiger partial charge in [0.05, 0.1) is 11.3 Å². The predicted molar refractivity (Wildman–Crippen MR) is 121 cm³/mol. The Morgan fingerprint density at radius 2 is 2.09 bits per heavy atom. The van der Waals surface area contributed by atoms with Gasteiger partial charge < -0.3 is 15.2 Å². The fraction of sp³-hybridized carbons (Fsp3) is 0.450. The molecule has 3 rings (SSSR count). The lowest BCUT2D eigenvalue weighted by molar-refractivity contribution is -0.150. The van der Waals surface area contributed by atoms with Crippen molar-refractivity contribution in [1.29, 1.82) is 0 Å². The number of carboxylic acids is 1. The van der Waals surface area contributed by atoms with Crippen LogP contribution in [0.2, 0.25) is 0 Å². The fourth-order valence-electron chi connectivity index (χ4n) is 3.12. The summed E-state index contributed by atoms with van der Waals surface area (Å²) in [7, 11) is 0. The maximum absolute atomic E-state index is 13.0. The van der Waals surface area contributed by atoms with E-state index >= 15 is 0 Å². The maximum Gasteiger partial charge on any atom is 0.413 e. The smallest absolute Gasteiger partial charge is 0.413 e. The van der Waals surface area contributed by atoms with Crippen molar-refractivity contribution in [1.82, 2.24) is 15.2 Å². The highest BCUT2D eigenvalue weighted by atomic mass is 32.2. The van der Waals surface area contributed by atoms with Crippen molar-refractivity contribution in [2.75, 3.05) is 11.1 Å². The van der Waals surface area contributed by atoms with Crippen LogP contribution in [0.1, 0.15) is 39.8 Å². The second-order valence-electron chi connectivity index (χ2n) is 7.97. The molecule has 3 amide bonds. The minimum Gasteiger partial charge on any atom is -0.477 e. The first kappa shape index (κ1) is 23.8. The van der Waals surface area contributed by atoms with Gasteiger partial charge in [-0.25, -0.2) is 14.6 Å². The number of anilines is 1. The van der Waals surface area contributed by atoms with E-state index in [1.807, 2.05) is 6.92 Å². The molecule has 12 heteroatoms. The number of carbonyl (C=O) groups excluding carboxylic acids is 3. The summed E-state index contributed by atoms with van der Waals surface area (Å²) in [5, 5.41) is 15.9. The van der Waals surface area contributed by atoms with E-state index in [0.29, 0.717) is 17.9 Å². The first-order chi connectivity index (χ1) is 15.0. The van der Waals surface area contributed by atoms with Crippen LogP contribution < -0.4 is 10.6 Å². The SMILES string of the molecule is CC/C=C(\C(=O)N[C@@H]1C(=O)N2C(C(=O)O)=CCS[C@H]12)c1csc(NC(=O)OC(C)(C)C)n1. The molecule has 2 aliphatic heterocycles. The number of ether oxygens (including phenoxy) is 1. The molecule has 0 unspecified atom stereocenters. The Kier molecular flexibility index (Phi) is 6.94. The molecule has 0 radical (unpaired) electrons. The molecule has 0 aliphatic carbocycles. The molecule has 2 atom stereocenters. The van der Waals surface area contributed by atoms with Gasteiger partial charge in [0.15, 0.2) is 5.13 Å². The van der Waals surface area contributed by atoms with Gasteiger partial charge in [-0.05, 0) is 33.3 Å². The highest BCUT2D eigenvalue weighted by Gasteiger charge is 2.52. The van der Waals surface area contributed by atoms with Gasteiger partial charge in [0.25, 0.3) is 11.8 Å². The quantitative estimate of drug-likeness (QED) is 0.417. The van der Waals surface area contributed by atoms with E-state index in [9.17, 15) is 24.3 Å². The Morgan fingerprint density at radius 3 is 2.72 bits per heavy atom. The average molecular weight is 481 g/mol. The van der Waals surface area contributed by atoms with Crippen LogP contribution in [0.25, 0.3) is 5.57 Å². The summed E-state index contributed by atoms with van der Waals surface area (Å²) in [6.45, 7) is 7.09. The van der Waals surface area contributed by atoms with Crippen molar-refractivity contribution in [3.05, 3.63) is 28.9 Å². The van der Waals surface area contributed by atoms with Crippen LogP contribution in [-0.2, 0) is 19.1 Å². The summed E-state index contributed by atoms with van der Waals surface area (Å²) >= 11 is 2.52. The number of aliphatic carboxylic acids is 1. The van der Waals surface area contributed by atoms with E-state index in [1.165, 1.54) is 22.7 Å². The molecule has 3 N–H and O–H groups in total. The Labute approximate surface area is 193 Å². The van der Waals surface area contributed by atoms with Gasteiger partial charge >= 0.3 is 12.1 Å². The van der Waals surface area contributed by atoms with E-state index < -0.39 is 40.9 Å². The highest BCUT2D eigenvalue weighted by molar-refractivity contribution is 8.00. The molecule has 1 aromatic heterocycles. The van der Waals surface area contributed by atoms with Gasteiger partial charge in [-0.1, -0.05) is 13.0 Å². The molecule has 0 saturated carbocycles. The lowest BCUT2D eigenvalue weighted by Gasteiger charge is -2.48. The Bertz CT molecular complexity index is 1010. The van der Waals surface area contributed by atoms with Gasteiger partial charge in [0.1, 0.15) is 22.7 Å². The topological polar surface area (TPSA) is 138 Å². The lowest BCUT2D eigenvalue weighted by atomic mass is 10.0. The highest BCUT2D eigenvalue weighted by Crippen LogP contribution is 2.37. The first-order valence-corrected chi connectivity index (χ1v) is 11.8. The second-order valence-corrected chi connectivity index (χ2v) is 9.98. The number of thioether (sulfide) groups is 1. The molecule has 1 aromatic rings. The molecule has 2 aliphatic rings. The molecule has 0 aromatic carbocycles. The van der Waals surface area contributed by atoms with Crippen molar-refractivity contribution in [2.24, 2.45) is 0 Å². The molecule has 1 fully saturated rings. The third-order valence-electron chi connectivity index (χ3n) is 4.39. The second kappa shape index (κ2) is 9.33. The predicted octanol–water partition coefficient (Wildman–Crippen LogP) is 2.65. The van der Waals surface area contributed by atoms with E-state index in [4.69, 9.17) is 4.74 Å². The monoisotopic (exact) mass is 480 g/mol. The van der Waals surface area contributed by atoms with Crippen LogP contribution in [0.15, 0.2) is 23.2 Å². The molecular weight excluding hydrogens is 456 g/mol. The van der Waals surface area contributed by atoms with Crippen molar-refractivity contribution in [3.8, 4) is 0 Å². The summed E-state index contributed by atoms with van der Waals surface area (Å²) in [6, 6.07) is -0.825. The third kappa shape index (κ3) is 5.13.